The molecule has 1 aliphatic rings. The van der Waals surface area contributed by atoms with E-state index in [1.807, 2.05) is 31.2 Å². The van der Waals surface area contributed by atoms with Gasteiger partial charge < -0.3 is 10.1 Å². The molecule has 1 N–H and O–H groups in total. The van der Waals surface area contributed by atoms with Crippen molar-refractivity contribution in [2.24, 2.45) is 5.92 Å². The molecule has 0 amide bonds. The molecule has 1 aliphatic carbocycles. The number of nitriles is 1. The third-order valence-electron chi connectivity index (χ3n) is 3.20. The number of hydrogen-bond donors (Lipinski definition) is 1. The summed E-state index contributed by atoms with van der Waals surface area (Å²) < 4.78 is 5.39. The first-order valence-corrected chi connectivity index (χ1v) is 6.22. The van der Waals surface area contributed by atoms with Gasteiger partial charge in [0.05, 0.1) is 18.6 Å². The molecule has 17 heavy (non-hydrogen) atoms. The minimum Gasteiger partial charge on any atom is -0.494 e. The summed E-state index contributed by atoms with van der Waals surface area (Å²) in [4.78, 5) is 0. The van der Waals surface area contributed by atoms with Crippen LogP contribution in [0.15, 0.2) is 24.3 Å². The lowest BCUT2D eigenvalue weighted by molar-refractivity contribution is 0.340. The summed E-state index contributed by atoms with van der Waals surface area (Å²) in [7, 11) is 0. The first-order valence-electron chi connectivity index (χ1n) is 6.22. The maximum Gasteiger partial charge on any atom is 0.119 e. The van der Waals surface area contributed by atoms with Crippen molar-refractivity contribution < 1.29 is 4.74 Å². The largest absolute Gasteiger partial charge is 0.494 e. The highest BCUT2D eigenvalue weighted by Crippen LogP contribution is 2.28. The van der Waals surface area contributed by atoms with Crippen LogP contribution in [0, 0.1) is 17.2 Å². The fourth-order valence-electron chi connectivity index (χ4n) is 2.32. The van der Waals surface area contributed by atoms with Crippen molar-refractivity contribution in [3.8, 4) is 11.8 Å². The van der Waals surface area contributed by atoms with Crippen LogP contribution in [0.25, 0.3) is 0 Å². The molecule has 2 unspecified atom stereocenters. The molecule has 1 aromatic rings. The van der Waals surface area contributed by atoms with Crippen molar-refractivity contribution in [1.82, 2.24) is 0 Å². The Balaban J connectivity index is 1.97. The van der Waals surface area contributed by atoms with Crippen LogP contribution in [0.3, 0.4) is 0 Å². The molecule has 3 nitrogen and oxygen atoms in total. The summed E-state index contributed by atoms with van der Waals surface area (Å²) >= 11 is 0. The summed E-state index contributed by atoms with van der Waals surface area (Å²) in [6.45, 7) is 2.66. The number of hydrogen-bond acceptors (Lipinski definition) is 3. The Kier molecular flexibility index (Phi) is 3.87. The molecule has 1 aromatic carbocycles. The van der Waals surface area contributed by atoms with Crippen molar-refractivity contribution in [3.63, 3.8) is 0 Å². The molecule has 90 valence electrons. The van der Waals surface area contributed by atoms with E-state index in [0.717, 1.165) is 30.7 Å². The van der Waals surface area contributed by atoms with Gasteiger partial charge >= 0.3 is 0 Å². The molecule has 2 rings (SSSR count). The van der Waals surface area contributed by atoms with Crippen LogP contribution in [0.2, 0.25) is 0 Å². The Labute approximate surface area is 102 Å². The number of nitrogens with zero attached hydrogens (tertiary/aromatic N) is 1. The second-order valence-corrected chi connectivity index (χ2v) is 4.37. The number of nitrogens with one attached hydrogen (secondary N) is 1. The molecule has 0 spiro atoms. The van der Waals surface area contributed by atoms with Crippen molar-refractivity contribution in [1.29, 1.82) is 5.26 Å². The lowest BCUT2D eigenvalue weighted by atomic mass is 10.1. The van der Waals surface area contributed by atoms with Gasteiger partial charge in [-0.25, -0.2) is 0 Å². The summed E-state index contributed by atoms with van der Waals surface area (Å²) in [6.07, 6.45) is 3.25. The van der Waals surface area contributed by atoms with Gasteiger partial charge in [0.2, 0.25) is 0 Å². The molecule has 0 radical (unpaired) electrons. The van der Waals surface area contributed by atoms with Gasteiger partial charge in [0.15, 0.2) is 0 Å². The zero-order valence-electron chi connectivity index (χ0n) is 10.1. The lowest BCUT2D eigenvalue weighted by Crippen LogP contribution is -2.22. The van der Waals surface area contributed by atoms with Gasteiger partial charge in [-0.1, -0.05) is 0 Å². The molecule has 1 fully saturated rings. The Bertz CT molecular complexity index is 394. The van der Waals surface area contributed by atoms with E-state index in [2.05, 4.69) is 11.4 Å². The molecular weight excluding hydrogens is 212 g/mol. The number of rotatable bonds is 4. The predicted molar refractivity (Wildman–Crippen MR) is 68.0 cm³/mol. The number of ether oxygens (including phenoxy) is 1. The molecule has 2 atom stereocenters. The molecule has 0 aliphatic heterocycles. The summed E-state index contributed by atoms with van der Waals surface area (Å²) in [6, 6.07) is 10.6. The van der Waals surface area contributed by atoms with Gasteiger partial charge in [-0.3, -0.25) is 0 Å². The van der Waals surface area contributed by atoms with E-state index in [1.165, 1.54) is 0 Å². The third-order valence-corrected chi connectivity index (χ3v) is 3.20. The maximum atomic E-state index is 9.02. The van der Waals surface area contributed by atoms with E-state index in [-0.39, 0.29) is 5.92 Å². The smallest absolute Gasteiger partial charge is 0.119 e. The van der Waals surface area contributed by atoms with Crippen LogP contribution in [0.4, 0.5) is 5.69 Å². The van der Waals surface area contributed by atoms with E-state index in [9.17, 15) is 0 Å². The van der Waals surface area contributed by atoms with Crippen LogP contribution < -0.4 is 10.1 Å². The first kappa shape index (κ1) is 11.8. The second-order valence-electron chi connectivity index (χ2n) is 4.37. The van der Waals surface area contributed by atoms with Gasteiger partial charge in [0, 0.05) is 11.7 Å². The van der Waals surface area contributed by atoms with Gasteiger partial charge in [-0.15, -0.1) is 0 Å². The van der Waals surface area contributed by atoms with Crippen LogP contribution in [-0.2, 0) is 0 Å². The normalized spacial score (nSPS) is 23.1. The highest BCUT2D eigenvalue weighted by atomic mass is 16.5. The topological polar surface area (TPSA) is 45.0 Å². The summed E-state index contributed by atoms with van der Waals surface area (Å²) in [5.74, 6) is 1.04. The Morgan fingerprint density at radius 1 is 1.35 bits per heavy atom. The average molecular weight is 230 g/mol. The minimum absolute atomic E-state index is 0.154. The Morgan fingerprint density at radius 3 is 2.76 bits per heavy atom. The maximum absolute atomic E-state index is 9.02. The number of benzene rings is 1. The summed E-state index contributed by atoms with van der Waals surface area (Å²) in [5, 5.41) is 12.5. The SMILES string of the molecule is CCOc1ccc(NC2CCCC2C#N)cc1. The van der Waals surface area contributed by atoms with Crippen molar-refractivity contribution in [3.05, 3.63) is 24.3 Å². The van der Waals surface area contributed by atoms with E-state index in [4.69, 9.17) is 10.00 Å². The molecule has 0 saturated heterocycles. The van der Waals surface area contributed by atoms with Crippen molar-refractivity contribution in [2.45, 2.75) is 32.2 Å². The highest BCUT2D eigenvalue weighted by Gasteiger charge is 2.26. The van der Waals surface area contributed by atoms with Crippen LogP contribution >= 0.6 is 0 Å². The van der Waals surface area contributed by atoms with Crippen molar-refractivity contribution >= 4 is 5.69 Å². The van der Waals surface area contributed by atoms with E-state index < -0.39 is 0 Å². The zero-order valence-corrected chi connectivity index (χ0v) is 10.1. The molecule has 3 heteroatoms. The molecule has 0 aromatic heterocycles. The minimum atomic E-state index is 0.154. The monoisotopic (exact) mass is 230 g/mol. The molecule has 0 bridgehead atoms. The zero-order chi connectivity index (χ0) is 12.1. The van der Waals surface area contributed by atoms with Gasteiger partial charge in [0.1, 0.15) is 5.75 Å². The third kappa shape index (κ3) is 2.91. The van der Waals surface area contributed by atoms with E-state index >= 15 is 0 Å². The van der Waals surface area contributed by atoms with Crippen LogP contribution in [0.5, 0.6) is 5.75 Å². The highest BCUT2D eigenvalue weighted by molar-refractivity contribution is 5.47. The van der Waals surface area contributed by atoms with Crippen LogP contribution in [-0.4, -0.2) is 12.6 Å². The first-order chi connectivity index (χ1) is 8.33. The lowest BCUT2D eigenvalue weighted by Gasteiger charge is -2.17. The standard InChI is InChI=1S/C14H18N2O/c1-2-17-13-8-6-12(7-9-13)16-14-5-3-4-11(14)10-15/h6-9,11,14,16H,2-5H2,1H3. The second kappa shape index (κ2) is 5.58. The van der Waals surface area contributed by atoms with E-state index in [1.54, 1.807) is 0 Å². The fourth-order valence-corrected chi connectivity index (χ4v) is 2.32. The molecule has 1 saturated carbocycles. The predicted octanol–water partition coefficient (Wildman–Crippen LogP) is 3.19. The Hall–Kier alpha value is -1.69. The average Bonchev–Trinajstić information content (AvgIpc) is 2.79. The van der Waals surface area contributed by atoms with Gasteiger partial charge in [-0.2, -0.15) is 5.26 Å². The van der Waals surface area contributed by atoms with E-state index in [0.29, 0.717) is 12.6 Å². The van der Waals surface area contributed by atoms with Crippen LogP contribution in [0.1, 0.15) is 26.2 Å². The van der Waals surface area contributed by atoms with Gasteiger partial charge in [0.25, 0.3) is 0 Å². The molecular formula is C14H18N2O. The quantitative estimate of drug-likeness (QED) is 0.864. The fraction of sp³-hybridized carbons (Fsp3) is 0.500. The number of anilines is 1. The van der Waals surface area contributed by atoms with Gasteiger partial charge in [-0.05, 0) is 50.5 Å². The Morgan fingerprint density at radius 2 is 2.12 bits per heavy atom. The molecule has 0 heterocycles. The van der Waals surface area contributed by atoms with Crippen molar-refractivity contribution in [2.75, 3.05) is 11.9 Å². The summed E-state index contributed by atoms with van der Waals surface area (Å²) in [5.41, 5.74) is 1.07.